The van der Waals surface area contributed by atoms with Gasteiger partial charge in [0.2, 0.25) is 0 Å². The van der Waals surface area contributed by atoms with Gasteiger partial charge >= 0.3 is 0 Å². The van der Waals surface area contributed by atoms with Crippen molar-refractivity contribution in [1.29, 1.82) is 0 Å². The molecule has 0 aromatic heterocycles. The van der Waals surface area contributed by atoms with Gasteiger partial charge in [-0.15, -0.1) is 0 Å². The molecule has 0 atom stereocenters. The van der Waals surface area contributed by atoms with E-state index in [0.717, 1.165) is 0 Å². The number of methoxy groups -OCH3 is 1. The van der Waals surface area contributed by atoms with E-state index in [4.69, 9.17) is 4.74 Å². The lowest BCUT2D eigenvalue weighted by atomic mass is 10.1. The van der Waals surface area contributed by atoms with Crippen molar-refractivity contribution in [2.75, 3.05) is 7.11 Å². The Kier molecular flexibility index (Phi) is 3.26. The molecule has 1 rings (SSSR count). The molecule has 0 aliphatic heterocycles. The summed E-state index contributed by atoms with van der Waals surface area (Å²) in [4.78, 5) is 11.4. The number of carbonyl (C=O) groups excluding carboxylic acids is 1. The Morgan fingerprint density at radius 2 is 2.23 bits per heavy atom. The van der Waals surface area contributed by atoms with Gasteiger partial charge in [-0.2, -0.15) is 0 Å². The van der Waals surface area contributed by atoms with Gasteiger partial charge in [-0.3, -0.25) is 4.79 Å². The normalized spacial score (nSPS) is 10.3. The molecule has 0 bridgehead atoms. The van der Waals surface area contributed by atoms with Crippen LogP contribution in [0.2, 0.25) is 0 Å². The van der Waals surface area contributed by atoms with E-state index in [9.17, 15) is 4.79 Å². The van der Waals surface area contributed by atoms with Crippen molar-refractivity contribution < 1.29 is 9.53 Å². The third kappa shape index (κ3) is 2.44. The Bertz CT molecular complexity index is 327. The van der Waals surface area contributed by atoms with Crippen LogP contribution in [0.25, 0.3) is 0 Å². The van der Waals surface area contributed by atoms with Crippen molar-refractivity contribution >= 4 is 5.78 Å². The second-order valence-corrected chi connectivity index (χ2v) is 2.60. The Labute approximate surface area is 77.8 Å². The van der Waals surface area contributed by atoms with E-state index in [2.05, 4.69) is 0 Å². The molecule has 0 fully saturated rings. The third-order valence-electron chi connectivity index (χ3n) is 1.67. The van der Waals surface area contributed by atoms with Gasteiger partial charge in [0.25, 0.3) is 0 Å². The molecule has 2 heteroatoms. The molecule has 0 spiro atoms. The van der Waals surface area contributed by atoms with E-state index >= 15 is 0 Å². The molecule has 68 valence electrons. The van der Waals surface area contributed by atoms with E-state index in [1.807, 2.05) is 13.0 Å². The summed E-state index contributed by atoms with van der Waals surface area (Å²) < 4.78 is 5.01. The minimum atomic E-state index is 0.00130. The van der Waals surface area contributed by atoms with Crippen LogP contribution in [0.1, 0.15) is 17.3 Å². The van der Waals surface area contributed by atoms with Crippen LogP contribution in [0, 0.1) is 0 Å². The number of ketones is 1. The number of hydrogen-bond acceptors (Lipinski definition) is 2. The van der Waals surface area contributed by atoms with Gasteiger partial charge in [0, 0.05) is 5.56 Å². The second-order valence-electron chi connectivity index (χ2n) is 2.60. The summed E-state index contributed by atoms with van der Waals surface area (Å²) in [5.41, 5.74) is 0.650. The van der Waals surface area contributed by atoms with E-state index in [0.29, 0.717) is 11.3 Å². The zero-order valence-electron chi connectivity index (χ0n) is 7.78. The zero-order valence-corrected chi connectivity index (χ0v) is 7.78. The van der Waals surface area contributed by atoms with E-state index in [1.165, 1.54) is 6.08 Å². The largest absolute Gasteiger partial charge is 0.497 e. The standard InChI is InChI=1S/C11H12O2/c1-3-5-11(12)9-6-4-7-10(8-9)13-2/h3-8H,1-2H3. The number of allylic oxidation sites excluding steroid dienone is 2. The van der Waals surface area contributed by atoms with Crippen LogP contribution >= 0.6 is 0 Å². The average Bonchev–Trinajstić information content (AvgIpc) is 2.18. The van der Waals surface area contributed by atoms with Crippen molar-refractivity contribution in [2.45, 2.75) is 6.92 Å². The summed E-state index contributed by atoms with van der Waals surface area (Å²) >= 11 is 0. The fourth-order valence-electron chi connectivity index (χ4n) is 1.02. The lowest BCUT2D eigenvalue weighted by Gasteiger charge is -2.00. The summed E-state index contributed by atoms with van der Waals surface area (Å²) in [6.07, 6.45) is 3.26. The molecule has 0 heterocycles. The first-order valence-corrected chi connectivity index (χ1v) is 4.09. The average molecular weight is 176 g/mol. The maximum atomic E-state index is 11.4. The highest BCUT2D eigenvalue weighted by molar-refractivity contribution is 6.04. The molecular formula is C11H12O2. The quantitative estimate of drug-likeness (QED) is 0.522. The molecule has 2 nitrogen and oxygen atoms in total. The summed E-state index contributed by atoms with van der Waals surface area (Å²) in [5.74, 6) is 0.705. The van der Waals surface area contributed by atoms with Crippen molar-refractivity contribution in [3.8, 4) is 5.75 Å². The molecule has 0 unspecified atom stereocenters. The molecule has 1 aromatic rings. The minimum absolute atomic E-state index is 0.00130. The first kappa shape index (κ1) is 9.52. The van der Waals surface area contributed by atoms with Crippen LogP contribution in [0.5, 0.6) is 5.75 Å². The second kappa shape index (κ2) is 4.45. The number of hydrogen-bond donors (Lipinski definition) is 0. The summed E-state index contributed by atoms with van der Waals surface area (Å²) in [6, 6.07) is 7.11. The topological polar surface area (TPSA) is 26.3 Å². The molecule has 1 aromatic carbocycles. The maximum Gasteiger partial charge on any atom is 0.185 e. The first-order chi connectivity index (χ1) is 6.27. The van der Waals surface area contributed by atoms with Crippen molar-refractivity contribution in [3.63, 3.8) is 0 Å². The van der Waals surface area contributed by atoms with Gasteiger partial charge in [0.15, 0.2) is 5.78 Å². The van der Waals surface area contributed by atoms with Crippen molar-refractivity contribution in [1.82, 2.24) is 0 Å². The highest BCUT2D eigenvalue weighted by atomic mass is 16.5. The first-order valence-electron chi connectivity index (χ1n) is 4.09. The number of benzene rings is 1. The van der Waals surface area contributed by atoms with E-state index in [1.54, 1.807) is 31.4 Å². The molecule has 0 N–H and O–H groups in total. The van der Waals surface area contributed by atoms with Gasteiger partial charge in [-0.1, -0.05) is 18.2 Å². The Morgan fingerprint density at radius 1 is 1.46 bits per heavy atom. The number of ether oxygens (including phenoxy) is 1. The van der Waals surface area contributed by atoms with Crippen LogP contribution in [0.4, 0.5) is 0 Å². The van der Waals surface area contributed by atoms with Crippen LogP contribution < -0.4 is 4.74 Å². The number of rotatable bonds is 3. The lowest BCUT2D eigenvalue weighted by molar-refractivity contribution is 0.104. The lowest BCUT2D eigenvalue weighted by Crippen LogP contribution is -1.94. The van der Waals surface area contributed by atoms with Crippen molar-refractivity contribution in [3.05, 3.63) is 42.0 Å². The molecule has 0 saturated heterocycles. The summed E-state index contributed by atoms with van der Waals surface area (Å²) in [7, 11) is 1.58. The molecule has 13 heavy (non-hydrogen) atoms. The molecule has 0 amide bonds. The van der Waals surface area contributed by atoms with Crippen LogP contribution in [0.3, 0.4) is 0 Å². The molecule has 0 saturated carbocycles. The van der Waals surface area contributed by atoms with E-state index in [-0.39, 0.29) is 5.78 Å². The van der Waals surface area contributed by atoms with Crippen molar-refractivity contribution in [2.24, 2.45) is 0 Å². The molecule has 0 radical (unpaired) electrons. The predicted octanol–water partition coefficient (Wildman–Crippen LogP) is 2.45. The van der Waals surface area contributed by atoms with Gasteiger partial charge in [-0.05, 0) is 25.1 Å². The molecular weight excluding hydrogens is 164 g/mol. The maximum absolute atomic E-state index is 11.4. The highest BCUT2D eigenvalue weighted by Gasteiger charge is 2.01. The smallest absolute Gasteiger partial charge is 0.185 e. The third-order valence-corrected chi connectivity index (χ3v) is 1.67. The molecule has 0 aliphatic carbocycles. The fraction of sp³-hybridized carbons (Fsp3) is 0.182. The molecule has 0 aliphatic rings. The highest BCUT2D eigenvalue weighted by Crippen LogP contribution is 2.13. The SMILES string of the molecule is CC=CC(=O)c1cccc(OC)c1. The Balaban J connectivity index is 2.94. The fourth-order valence-corrected chi connectivity index (χ4v) is 1.02. The van der Waals surface area contributed by atoms with E-state index < -0.39 is 0 Å². The van der Waals surface area contributed by atoms with Crippen LogP contribution in [0.15, 0.2) is 36.4 Å². The zero-order chi connectivity index (χ0) is 9.68. The van der Waals surface area contributed by atoms with Crippen LogP contribution in [-0.4, -0.2) is 12.9 Å². The van der Waals surface area contributed by atoms with Gasteiger partial charge < -0.3 is 4.74 Å². The van der Waals surface area contributed by atoms with Gasteiger partial charge in [-0.25, -0.2) is 0 Å². The predicted molar refractivity (Wildman–Crippen MR) is 52.1 cm³/mol. The summed E-state index contributed by atoms with van der Waals surface area (Å²) in [5, 5.41) is 0. The van der Waals surface area contributed by atoms with Crippen LogP contribution in [-0.2, 0) is 0 Å². The summed E-state index contributed by atoms with van der Waals surface area (Å²) in [6.45, 7) is 1.82. The number of carbonyl (C=O) groups is 1. The minimum Gasteiger partial charge on any atom is -0.497 e. The van der Waals surface area contributed by atoms with Gasteiger partial charge in [0.1, 0.15) is 5.75 Å². The Morgan fingerprint density at radius 3 is 2.85 bits per heavy atom. The van der Waals surface area contributed by atoms with Gasteiger partial charge in [0.05, 0.1) is 7.11 Å². The monoisotopic (exact) mass is 176 g/mol. The Hall–Kier alpha value is -1.57.